The first-order chi connectivity index (χ1) is 12.1. The first-order valence-corrected chi connectivity index (χ1v) is 9.27. The molecule has 2 aliphatic rings. The molecule has 1 aliphatic carbocycles. The molecule has 0 radical (unpaired) electrons. The van der Waals surface area contributed by atoms with E-state index in [1.165, 1.54) is 12.1 Å². The predicted molar refractivity (Wildman–Crippen MR) is 96.9 cm³/mol. The van der Waals surface area contributed by atoms with Crippen molar-refractivity contribution in [3.63, 3.8) is 0 Å². The zero-order chi connectivity index (χ0) is 17.4. The topological polar surface area (TPSA) is 49.4 Å². The van der Waals surface area contributed by atoms with E-state index in [1.807, 2.05) is 24.3 Å². The molecule has 2 amide bonds. The average molecular weight is 356 g/mol. The zero-order valence-corrected chi connectivity index (χ0v) is 14.3. The molecule has 4 nitrogen and oxygen atoms in total. The number of nitrogens with one attached hydrogen (secondary N) is 1. The number of thioether (sulfide) groups is 1. The highest BCUT2D eigenvalue weighted by Gasteiger charge is 2.34. The minimum absolute atomic E-state index is 0.00715. The number of carbonyl (C=O) groups excluding carboxylic acids is 2. The Bertz CT molecular complexity index is 803. The van der Waals surface area contributed by atoms with Gasteiger partial charge >= 0.3 is 0 Å². The van der Waals surface area contributed by atoms with Crippen molar-refractivity contribution in [1.29, 1.82) is 0 Å². The van der Waals surface area contributed by atoms with Crippen LogP contribution in [0.3, 0.4) is 0 Å². The summed E-state index contributed by atoms with van der Waals surface area (Å²) >= 11 is 1.54. The Hall–Kier alpha value is -2.34. The van der Waals surface area contributed by atoms with Crippen LogP contribution >= 0.6 is 11.8 Å². The van der Waals surface area contributed by atoms with Gasteiger partial charge in [-0.25, -0.2) is 4.39 Å². The lowest BCUT2D eigenvalue weighted by Crippen LogP contribution is -2.27. The summed E-state index contributed by atoms with van der Waals surface area (Å²) < 4.78 is 13.2. The van der Waals surface area contributed by atoms with Gasteiger partial charge in [0.25, 0.3) is 0 Å². The van der Waals surface area contributed by atoms with Crippen LogP contribution in [0.5, 0.6) is 0 Å². The van der Waals surface area contributed by atoms with Crippen molar-refractivity contribution in [2.45, 2.75) is 18.2 Å². The fourth-order valence-electron chi connectivity index (χ4n) is 2.87. The fraction of sp³-hybridized carbons (Fsp3) is 0.263. The van der Waals surface area contributed by atoms with Crippen LogP contribution in [0.4, 0.5) is 15.8 Å². The van der Waals surface area contributed by atoms with Gasteiger partial charge in [0.15, 0.2) is 0 Å². The molecule has 2 aromatic carbocycles. The Morgan fingerprint density at radius 2 is 1.76 bits per heavy atom. The molecular formula is C19H17FN2O2S. The van der Waals surface area contributed by atoms with Crippen LogP contribution in [0, 0.1) is 11.7 Å². The van der Waals surface area contributed by atoms with Crippen molar-refractivity contribution in [1.82, 2.24) is 0 Å². The second-order valence-electron chi connectivity index (χ2n) is 6.29. The van der Waals surface area contributed by atoms with Crippen molar-refractivity contribution in [3.8, 4) is 0 Å². The van der Waals surface area contributed by atoms with E-state index < -0.39 is 0 Å². The van der Waals surface area contributed by atoms with Gasteiger partial charge < -0.3 is 5.32 Å². The Kier molecular flexibility index (Phi) is 4.21. The Morgan fingerprint density at radius 3 is 2.40 bits per heavy atom. The fourth-order valence-corrected chi connectivity index (χ4v) is 4.05. The van der Waals surface area contributed by atoms with Crippen molar-refractivity contribution in [2.24, 2.45) is 5.92 Å². The maximum absolute atomic E-state index is 13.2. The molecular weight excluding hydrogens is 339 g/mol. The normalized spacial score (nSPS) is 20.0. The minimum Gasteiger partial charge on any atom is -0.326 e. The molecule has 25 heavy (non-hydrogen) atoms. The third kappa shape index (κ3) is 3.39. The standard InChI is InChI=1S/C19H17FN2O2S/c20-14-5-9-16(10-6-14)22-17(23)11-25-19(22)13-3-7-15(8-4-13)21-18(24)12-1-2-12/h3-10,12,19H,1-2,11H2,(H,21,24)/t19-/m0/s1. The van der Waals surface area contributed by atoms with Gasteiger partial charge in [-0.15, -0.1) is 11.8 Å². The van der Waals surface area contributed by atoms with Crippen LogP contribution in [0.1, 0.15) is 23.8 Å². The number of amides is 2. The highest BCUT2D eigenvalue weighted by atomic mass is 32.2. The second-order valence-corrected chi connectivity index (χ2v) is 7.36. The van der Waals surface area contributed by atoms with Gasteiger partial charge in [0.05, 0.1) is 5.75 Å². The van der Waals surface area contributed by atoms with E-state index in [0.717, 1.165) is 24.1 Å². The largest absolute Gasteiger partial charge is 0.326 e. The number of carbonyl (C=O) groups is 2. The number of hydrogen-bond acceptors (Lipinski definition) is 3. The van der Waals surface area contributed by atoms with Crippen molar-refractivity contribution in [3.05, 3.63) is 59.9 Å². The second kappa shape index (κ2) is 6.52. The first-order valence-electron chi connectivity index (χ1n) is 8.22. The molecule has 4 rings (SSSR count). The smallest absolute Gasteiger partial charge is 0.238 e. The summed E-state index contributed by atoms with van der Waals surface area (Å²) in [6.45, 7) is 0. The van der Waals surface area contributed by atoms with Gasteiger partial charge in [-0.1, -0.05) is 12.1 Å². The molecule has 128 valence electrons. The third-order valence-electron chi connectivity index (χ3n) is 4.38. The maximum Gasteiger partial charge on any atom is 0.238 e. The van der Waals surface area contributed by atoms with Crippen LogP contribution < -0.4 is 10.2 Å². The van der Waals surface area contributed by atoms with E-state index in [4.69, 9.17) is 0 Å². The molecule has 0 spiro atoms. The van der Waals surface area contributed by atoms with Gasteiger partial charge in [-0.3, -0.25) is 14.5 Å². The van der Waals surface area contributed by atoms with Crippen LogP contribution in [0.25, 0.3) is 0 Å². The number of benzene rings is 2. The van der Waals surface area contributed by atoms with Crippen LogP contribution in [0.15, 0.2) is 48.5 Å². The van der Waals surface area contributed by atoms with Crippen molar-refractivity contribution in [2.75, 3.05) is 16.0 Å². The quantitative estimate of drug-likeness (QED) is 0.902. The van der Waals surface area contributed by atoms with Gasteiger partial charge in [0.2, 0.25) is 11.8 Å². The van der Waals surface area contributed by atoms with E-state index in [1.54, 1.807) is 28.8 Å². The van der Waals surface area contributed by atoms with E-state index in [2.05, 4.69) is 5.32 Å². The Labute approximate surface area is 149 Å². The molecule has 1 saturated carbocycles. The molecule has 1 saturated heterocycles. The van der Waals surface area contributed by atoms with Crippen LogP contribution in [-0.2, 0) is 9.59 Å². The molecule has 0 bridgehead atoms. The lowest BCUT2D eigenvalue weighted by atomic mass is 10.1. The highest BCUT2D eigenvalue weighted by Crippen LogP contribution is 2.42. The molecule has 0 aromatic heterocycles. The summed E-state index contributed by atoms with van der Waals surface area (Å²) in [5.41, 5.74) is 2.43. The molecule has 2 fully saturated rings. The first kappa shape index (κ1) is 16.1. The summed E-state index contributed by atoms with van der Waals surface area (Å²) in [7, 11) is 0. The molecule has 1 atom stereocenters. The Balaban J connectivity index is 1.54. The lowest BCUT2D eigenvalue weighted by molar-refractivity contribution is -0.117. The SMILES string of the molecule is O=C(Nc1ccc([C@@H]2SCC(=O)N2c2ccc(F)cc2)cc1)C1CC1. The number of anilines is 2. The lowest BCUT2D eigenvalue weighted by Gasteiger charge is -2.24. The summed E-state index contributed by atoms with van der Waals surface area (Å²) in [5.74, 6) is 0.313. The number of halogens is 1. The van der Waals surface area contributed by atoms with E-state index in [0.29, 0.717) is 11.4 Å². The molecule has 6 heteroatoms. The van der Waals surface area contributed by atoms with Gasteiger partial charge in [0, 0.05) is 17.3 Å². The highest BCUT2D eigenvalue weighted by molar-refractivity contribution is 8.00. The summed E-state index contributed by atoms with van der Waals surface area (Å²) in [6, 6.07) is 13.5. The summed E-state index contributed by atoms with van der Waals surface area (Å²) in [5, 5.41) is 2.76. The zero-order valence-electron chi connectivity index (χ0n) is 13.4. The average Bonchev–Trinajstić information content (AvgIpc) is 3.40. The Morgan fingerprint density at radius 1 is 1.08 bits per heavy atom. The number of nitrogens with zero attached hydrogens (tertiary/aromatic N) is 1. The van der Waals surface area contributed by atoms with E-state index in [9.17, 15) is 14.0 Å². The van der Waals surface area contributed by atoms with Gasteiger partial charge in [-0.05, 0) is 54.8 Å². The van der Waals surface area contributed by atoms with Gasteiger partial charge in [-0.2, -0.15) is 0 Å². The molecule has 0 unspecified atom stereocenters. The monoisotopic (exact) mass is 356 g/mol. The molecule has 1 N–H and O–H groups in total. The van der Waals surface area contributed by atoms with Crippen LogP contribution in [0.2, 0.25) is 0 Å². The summed E-state index contributed by atoms with van der Waals surface area (Å²) in [4.78, 5) is 25.8. The van der Waals surface area contributed by atoms with E-state index >= 15 is 0 Å². The number of hydrogen-bond donors (Lipinski definition) is 1. The van der Waals surface area contributed by atoms with Crippen LogP contribution in [-0.4, -0.2) is 17.6 Å². The minimum atomic E-state index is -0.324. The maximum atomic E-state index is 13.2. The predicted octanol–water partition coefficient (Wildman–Crippen LogP) is 3.95. The number of rotatable bonds is 4. The van der Waals surface area contributed by atoms with E-state index in [-0.39, 0.29) is 28.9 Å². The van der Waals surface area contributed by atoms with Crippen molar-refractivity contribution < 1.29 is 14.0 Å². The molecule has 1 heterocycles. The molecule has 2 aromatic rings. The third-order valence-corrected chi connectivity index (χ3v) is 5.60. The van der Waals surface area contributed by atoms with Gasteiger partial charge in [0.1, 0.15) is 11.2 Å². The molecule has 1 aliphatic heterocycles. The van der Waals surface area contributed by atoms with Crippen molar-refractivity contribution >= 4 is 35.0 Å². The summed E-state index contributed by atoms with van der Waals surface area (Å²) in [6.07, 6.45) is 1.94.